The molecular weight excluding hydrogens is 227 g/mol. The highest BCUT2D eigenvalue weighted by Crippen LogP contribution is 2.42. The quantitative estimate of drug-likeness (QED) is 0.744. The van der Waals surface area contributed by atoms with E-state index in [-0.39, 0.29) is 0 Å². The zero-order chi connectivity index (χ0) is 11.2. The summed E-state index contributed by atoms with van der Waals surface area (Å²) in [6.45, 7) is 0. The standard InChI is InChI=1S/C10H9ClF3N/c11-5-4-6(12)9(14)7(8(5)13)10(15)2-1-3-10/h4H,1-3,15H2. The normalized spacial score (nSPS) is 18.7. The van der Waals surface area contributed by atoms with Crippen molar-refractivity contribution in [2.24, 2.45) is 5.73 Å². The predicted octanol–water partition coefficient (Wildman–Crippen LogP) is 3.10. The first-order chi connectivity index (χ1) is 6.96. The molecule has 1 nitrogen and oxygen atoms in total. The van der Waals surface area contributed by atoms with Crippen LogP contribution in [0.5, 0.6) is 0 Å². The Labute approximate surface area is 90.0 Å². The maximum absolute atomic E-state index is 13.5. The third kappa shape index (κ3) is 1.52. The van der Waals surface area contributed by atoms with Gasteiger partial charge in [-0.3, -0.25) is 0 Å². The molecule has 1 saturated carbocycles. The summed E-state index contributed by atoms with van der Waals surface area (Å²) in [6.07, 6.45) is 1.67. The van der Waals surface area contributed by atoms with Gasteiger partial charge in [-0.2, -0.15) is 0 Å². The summed E-state index contributed by atoms with van der Waals surface area (Å²) < 4.78 is 40.0. The summed E-state index contributed by atoms with van der Waals surface area (Å²) in [5.74, 6) is -3.33. The van der Waals surface area contributed by atoms with Gasteiger partial charge in [0, 0.05) is 11.1 Å². The second-order valence-electron chi connectivity index (χ2n) is 3.85. The summed E-state index contributed by atoms with van der Waals surface area (Å²) in [6, 6.07) is 0.623. The predicted molar refractivity (Wildman–Crippen MR) is 51.0 cm³/mol. The van der Waals surface area contributed by atoms with E-state index < -0.39 is 33.6 Å². The molecule has 0 radical (unpaired) electrons. The van der Waals surface area contributed by atoms with Crippen LogP contribution in [0.1, 0.15) is 24.8 Å². The molecule has 0 amide bonds. The van der Waals surface area contributed by atoms with Crippen molar-refractivity contribution in [2.45, 2.75) is 24.8 Å². The highest BCUT2D eigenvalue weighted by molar-refractivity contribution is 6.30. The van der Waals surface area contributed by atoms with E-state index in [0.29, 0.717) is 18.9 Å². The maximum Gasteiger partial charge on any atom is 0.166 e. The van der Waals surface area contributed by atoms with Crippen LogP contribution in [0, 0.1) is 17.5 Å². The fraction of sp³-hybridized carbons (Fsp3) is 0.400. The van der Waals surface area contributed by atoms with Crippen LogP contribution >= 0.6 is 11.6 Å². The Balaban J connectivity index is 2.63. The van der Waals surface area contributed by atoms with Crippen LogP contribution in [-0.4, -0.2) is 0 Å². The lowest BCUT2D eigenvalue weighted by molar-refractivity contribution is 0.233. The topological polar surface area (TPSA) is 26.0 Å². The van der Waals surface area contributed by atoms with Gasteiger partial charge in [0.25, 0.3) is 0 Å². The smallest absolute Gasteiger partial charge is 0.166 e. The SMILES string of the molecule is NC1(c2c(F)c(F)cc(Cl)c2F)CCC1. The number of nitrogens with two attached hydrogens (primary N) is 1. The second-order valence-corrected chi connectivity index (χ2v) is 4.26. The first-order valence-electron chi connectivity index (χ1n) is 4.58. The minimum atomic E-state index is -1.22. The fourth-order valence-electron chi connectivity index (χ4n) is 1.82. The van der Waals surface area contributed by atoms with E-state index in [9.17, 15) is 13.2 Å². The number of benzene rings is 1. The monoisotopic (exact) mass is 235 g/mol. The second kappa shape index (κ2) is 3.39. The lowest BCUT2D eigenvalue weighted by atomic mass is 9.72. The van der Waals surface area contributed by atoms with Gasteiger partial charge >= 0.3 is 0 Å². The average molecular weight is 236 g/mol. The van der Waals surface area contributed by atoms with E-state index in [2.05, 4.69) is 0 Å². The Morgan fingerprint density at radius 2 is 1.80 bits per heavy atom. The molecule has 0 bridgehead atoms. The van der Waals surface area contributed by atoms with Gasteiger partial charge in [-0.15, -0.1) is 0 Å². The molecule has 0 heterocycles. The third-order valence-corrected chi connectivity index (χ3v) is 3.13. The van der Waals surface area contributed by atoms with Crippen LogP contribution in [-0.2, 0) is 5.54 Å². The van der Waals surface area contributed by atoms with Gasteiger partial charge in [-0.25, -0.2) is 13.2 Å². The van der Waals surface area contributed by atoms with Gasteiger partial charge in [-0.05, 0) is 25.3 Å². The van der Waals surface area contributed by atoms with E-state index in [4.69, 9.17) is 17.3 Å². The van der Waals surface area contributed by atoms with Crippen LogP contribution in [0.3, 0.4) is 0 Å². The molecular formula is C10H9ClF3N. The van der Waals surface area contributed by atoms with E-state index >= 15 is 0 Å². The van der Waals surface area contributed by atoms with Crippen molar-refractivity contribution in [3.63, 3.8) is 0 Å². The van der Waals surface area contributed by atoms with Crippen molar-refractivity contribution in [1.29, 1.82) is 0 Å². The molecule has 2 rings (SSSR count). The Kier molecular flexibility index (Phi) is 2.43. The maximum atomic E-state index is 13.5. The summed E-state index contributed by atoms with van der Waals surface area (Å²) in [5, 5.41) is -0.430. The van der Waals surface area contributed by atoms with Gasteiger partial charge in [0.2, 0.25) is 0 Å². The van der Waals surface area contributed by atoms with E-state index in [1.54, 1.807) is 0 Å². The molecule has 82 valence electrons. The lowest BCUT2D eigenvalue weighted by Crippen LogP contribution is -2.45. The zero-order valence-electron chi connectivity index (χ0n) is 7.79. The molecule has 0 aliphatic heterocycles. The van der Waals surface area contributed by atoms with E-state index in [1.165, 1.54) is 0 Å². The summed E-state index contributed by atoms with van der Waals surface area (Å²) in [5.41, 5.74) is 4.24. The molecule has 0 spiro atoms. The number of hydrogen-bond acceptors (Lipinski definition) is 1. The molecule has 0 atom stereocenters. The highest BCUT2D eigenvalue weighted by atomic mass is 35.5. The van der Waals surface area contributed by atoms with Crippen molar-refractivity contribution in [2.75, 3.05) is 0 Å². The van der Waals surface area contributed by atoms with Crippen molar-refractivity contribution in [3.8, 4) is 0 Å². The van der Waals surface area contributed by atoms with Crippen molar-refractivity contribution in [1.82, 2.24) is 0 Å². The molecule has 0 unspecified atom stereocenters. The molecule has 15 heavy (non-hydrogen) atoms. The van der Waals surface area contributed by atoms with Gasteiger partial charge in [0.05, 0.1) is 5.02 Å². The summed E-state index contributed by atoms with van der Waals surface area (Å²) in [4.78, 5) is 0. The largest absolute Gasteiger partial charge is 0.321 e. The van der Waals surface area contributed by atoms with Gasteiger partial charge in [0.15, 0.2) is 11.6 Å². The Morgan fingerprint density at radius 3 is 2.27 bits per heavy atom. The summed E-state index contributed by atoms with van der Waals surface area (Å²) >= 11 is 5.44. The number of rotatable bonds is 1. The first-order valence-corrected chi connectivity index (χ1v) is 4.96. The first kappa shape index (κ1) is 10.8. The Bertz CT molecular complexity index is 389. The molecule has 1 aromatic carbocycles. The third-order valence-electron chi connectivity index (χ3n) is 2.86. The molecule has 1 aliphatic rings. The van der Waals surface area contributed by atoms with Crippen LogP contribution in [0.15, 0.2) is 6.07 Å². The van der Waals surface area contributed by atoms with Crippen LogP contribution in [0.4, 0.5) is 13.2 Å². The van der Waals surface area contributed by atoms with E-state index in [1.807, 2.05) is 0 Å². The van der Waals surface area contributed by atoms with Gasteiger partial charge < -0.3 is 5.73 Å². The summed E-state index contributed by atoms with van der Waals surface area (Å²) in [7, 11) is 0. The number of hydrogen-bond donors (Lipinski definition) is 1. The Hall–Kier alpha value is -0.740. The van der Waals surface area contributed by atoms with Crippen LogP contribution < -0.4 is 5.73 Å². The van der Waals surface area contributed by atoms with Crippen LogP contribution in [0.25, 0.3) is 0 Å². The minimum absolute atomic E-state index is 0.418. The Morgan fingerprint density at radius 1 is 1.20 bits per heavy atom. The van der Waals surface area contributed by atoms with Crippen molar-refractivity contribution in [3.05, 3.63) is 34.1 Å². The number of halogens is 4. The highest BCUT2D eigenvalue weighted by Gasteiger charge is 2.40. The zero-order valence-corrected chi connectivity index (χ0v) is 8.54. The molecule has 5 heteroatoms. The molecule has 1 fully saturated rings. The molecule has 1 aromatic rings. The fourth-order valence-corrected chi connectivity index (χ4v) is 2.01. The van der Waals surface area contributed by atoms with Gasteiger partial charge in [0.1, 0.15) is 5.82 Å². The molecule has 1 aliphatic carbocycles. The molecule has 0 saturated heterocycles. The molecule has 2 N–H and O–H groups in total. The van der Waals surface area contributed by atoms with Crippen molar-refractivity contribution >= 4 is 11.6 Å². The van der Waals surface area contributed by atoms with Crippen molar-refractivity contribution < 1.29 is 13.2 Å². The van der Waals surface area contributed by atoms with E-state index in [0.717, 1.165) is 6.42 Å². The minimum Gasteiger partial charge on any atom is -0.321 e. The van der Waals surface area contributed by atoms with Crippen LogP contribution in [0.2, 0.25) is 5.02 Å². The van der Waals surface area contributed by atoms with Gasteiger partial charge in [-0.1, -0.05) is 11.6 Å². The lowest BCUT2D eigenvalue weighted by Gasteiger charge is -2.39. The molecule has 0 aromatic heterocycles. The average Bonchev–Trinajstić information content (AvgIpc) is 2.12.